The number of ether oxygens (including phenoxy) is 1. The van der Waals surface area contributed by atoms with E-state index in [0.717, 1.165) is 43.4 Å². The molecule has 1 aliphatic rings. The summed E-state index contributed by atoms with van der Waals surface area (Å²) in [5.41, 5.74) is 9.09. The van der Waals surface area contributed by atoms with Crippen molar-refractivity contribution in [3.8, 4) is 11.1 Å². The molecule has 1 fully saturated rings. The molecule has 108 valence electrons. The second-order valence-corrected chi connectivity index (χ2v) is 4.80. The predicted octanol–water partition coefficient (Wildman–Crippen LogP) is 1.89. The number of aliphatic imine (C=N–C) groups is 1. The SMILES string of the molecule is C=Nc1ccc(-c2cnc(N3CCOCC3)nc2)cc1N. The van der Waals surface area contributed by atoms with Crippen LogP contribution in [0.4, 0.5) is 17.3 Å². The van der Waals surface area contributed by atoms with Crippen LogP contribution in [0.3, 0.4) is 0 Å². The molecule has 0 bridgehead atoms. The highest BCUT2D eigenvalue weighted by atomic mass is 16.5. The molecule has 0 unspecified atom stereocenters. The van der Waals surface area contributed by atoms with Gasteiger partial charge in [0.15, 0.2) is 0 Å². The molecule has 0 amide bonds. The van der Waals surface area contributed by atoms with Crippen LogP contribution in [0.2, 0.25) is 0 Å². The van der Waals surface area contributed by atoms with Gasteiger partial charge in [0.2, 0.25) is 5.95 Å². The minimum atomic E-state index is 0.597. The fraction of sp³-hybridized carbons (Fsp3) is 0.267. The Morgan fingerprint density at radius 3 is 2.48 bits per heavy atom. The molecule has 2 aromatic rings. The van der Waals surface area contributed by atoms with E-state index < -0.39 is 0 Å². The van der Waals surface area contributed by atoms with E-state index in [0.29, 0.717) is 11.4 Å². The van der Waals surface area contributed by atoms with Gasteiger partial charge in [-0.1, -0.05) is 6.07 Å². The van der Waals surface area contributed by atoms with Crippen molar-refractivity contribution >= 4 is 24.0 Å². The summed E-state index contributed by atoms with van der Waals surface area (Å²) in [6, 6.07) is 5.64. The Balaban J connectivity index is 1.83. The Morgan fingerprint density at radius 1 is 1.14 bits per heavy atom. The van der Waals surface area contributed by atoms with Crippen LogP contribution >= 0.6 is 0 Å². The maximum atomic E-state index is 5.92. The molecule has 6 heteroatoms. The number of aromatic nitrogens is 2. The molecule has 2 heterocycles. The van der Waals surface area contributed by atoms with Gasteiger partial charge in [0, 0.05) is 31.0 Å². The van der Waals surface area contributed by atoms with Crippen LogP contribution in [-0.2, 0) is 4.74 Å². The zero-order valence-corrected chi connectivity index (χ0v) is 11.7. The first-order valence-corrected chi connectivity index (χ1v) is 6.79. The number of hydrogen-bond acceptors (Lipinski definition) is 6. The smallest absolute Gasteiger partial charge is 0.225 e. The number of hydrogen-bond donors (Lipinski definition) is 1. The molecule has 0 atom stereocenters. The molecule has 0 saturated carbocycles. The average Bonchev–Trinajstić information content (AvgIpc) is 2.56. The van der Waals surface area contributed by atoms with E-state index >= 15 is 0 Å². The van der Waals surface area contributed by atoms with E-state index in [1.165, 1.54) is 0 Å². The maximum Gasteiger partial charge on any atom is 0.225 e. The lowest BCUT2D eigenvalue weighted by Gasteiger charge is -2.26. The highest BCUT2D eigenvalue weighted by Crippen LogP contribution is 2.28. The summed E-state index contributed by atoms with van der Waals surface area (Å²) >= 11 is 0. The first-order chi connectivity index (χ1) is 10.3. The number of nitrogens with zero attached hydrogens (tertiary/aromatic N) is 4. The Hall–Kier alpha value is -2.47. The zero-order chi connectivity index (χ0) is 14.7. The van der Waals surface area contributed by atoms with Gasteiger partial charge in [0.25, 0.3) is 0 Å². The van der Waals surface area contributed by atoms with Crippen LogP contribution in [0, 0.1) is 0 Å². The summed E-state index contributed by atoms with van der Waals surface area (Å²) in [6.07, 6.45) is 3.63. The van der Waals surface area contributed by atoms with Gasteiger partial charge in [0.05, 0.1) is 24.6 Å². The van der Waals surface area contributed by atoms with Crippen LogP contribution < -0.4 is 10.6 Å². The van der Waals surface area contributed by atoms with E-state index in [1.54, 1.807) is 0 Å². The number of nitrogens with two attached hydrogens (primary N) is 1. The highest BCUT2D eigenvalue weighted by Gasteiger charge is 2.13. The lowest BCUT2D eigenvalue weighted by molar-refractivity contribution is 0.122. The van der Waals surface area contributed by atoms with Gasteiger partial charge in [-0.3, -0.25) is 4.99 Å². The van der Waals surface area contributed by atoms with Crippen LogP contribution in [0.15, 0.2) is 35.6 Å². The minimum Gasteiger partial charge on any atom is -0.397 e. The third kappa shape index (κ3) is 2.85. The molecule has 0 radical (unpaired) electrons. The molecule has 1 aromatic heterocycles. The molecule has 1 aliphatic heterocycles. The summed E-state index contributed by atoms with van der Waals surface area (Å²) in [4.78, 5) is 14.8. The van der Waals surface area contributed by atoms with Gasteiger partial charge in [-0.25, -0.2) is 9.97 Å². The third-order valence-electron chi connectivity index (χ3n) is 3.46. The lowest BCUT2D eigenvalue weighted by atomic mass is 10.1. The predicted molar refractivity (Wildman–Crippen MR) is 84.1 cm³/mol. The second-order valence-electron chi connectivity index (χ2n) is 4.80. The largest absolute Gasteiger partial charge is 0.397 e. The monoisotopic (exact) mass is 283 g/mol. The lowest BCUT2D eigenvalue weighted by Crippen LogP contribution is -2.37. The molecule has 0 aliphatic carbocycles. The van der Waals surface area contributed by atoms with Gasteiger partial charge in [0.1, 0.15) is 0 Å². The summed E-state index contributed by atoms with van der Waals surface area (Å²) in [5, 5.41) is 0. The van der Waals surface area contributed by atoms with Crippen LogP contribution in [-0.4, -0.2) is 43.0 Å². The molecule has 2 N–H and O–H groups in total. The number of morpholine rings is 1. The van der Waals surface area contributed by atoms with E-state index in [4.69, 9.17) is 10.5 Å². The Labute approximate surface area is 123 Å². The molecular weight excluding hydrogens is 266 g/mol. The Kier molecular flexibility index (Phi) is 3.79. The van der Waals surface area contributed by atoms with E-state index in [2.05, 4.69) is 26.6 Å². The van der Waals surface area contributed by atoms with E-state index in [1.807, 2.05) is 30.6 Å². The van der Waals surface area contributed by atoms with E-state index in [9.17, 15) is 0 Å². The van der Waals surface area contributed by atoms with Crippen molar-refractivity contribution in [2.45, 2.75) is 0 Å². The molecule has 3 rings (SSSR count). The quantitative estimate of drug-likeness (QED) is 0.687. The van der Waals surface area contributed by atoms with Crippen molar-refractivity contribution < 1.29 is 4.74 Å². The molecule has 21 heavy (non-hydrogen) atoms. The minimum absolute atomic E-state index is 0.597. The number of rotatable bonds is 3. The fourth-order valence-electron chi connectivity index (χ4n) is 2.28. The molecule has 1 aromatic carbocycles. The van der Waals surface area contributed by atoms with Crippen LogP contribution in [0.1, 0.15) is 0 Å². The fourth-order valence-corrected chi connectivity index (χ4v) is 2.28. The van der Waals surface area contributed by atoms with Crippen molar-refractivity contribution in [3.63, 3.8) is 0 Å². The standard InChI is InChI=1S/C15H17N5O/c1-17-14-3-2-11(8-13(14)16)12-9-18-15(19-10-12)20-4-6-21-7-5-20/h2-3,8-10H,1,4-7,16H2. The highest BCUT2D eigenvalue weighted by molar-refractivity contribution is 5.74. The van der Waals surface area contributed by atoms with Gasteiger partial charge in [-0.2, -0.15) is 0 Å². The van der Waals surface area contributed by atoms with Gasteiger partial charge >= 0.3 is 0 Å². The third-order valence-corrected chi connectivity index (χ3v) is 3.46. The van der Waals surface area contributed by atoms with Crippen molar-refractivity contribution in [2.24, 2.45) is 4.99 Å². The summed E-state index contributed by atoms with van der Waals surface area (Å²) in [6.45, 7) is 6.58. The maximum absolute atomic E-state index is 5.92. The molecule has 1 saturated heterocycles. The average molecular weight is 283 g/mol. The van der Waals surface area contributed by atoms with Gasteiger partial charge in [-0.05, 0) is 24.4 Å². The van der Waals surface area contributed by atoms with Crippen LogP contribution in [0.5, 0.6) is 0 Å². The molecular formula is C15H17N5O. The summed E-state index contributed by atoms with van der Waals surface area (Å²) in [5.74, 6) is 0.736. The second kappa shape index (κ2) is 5.88. The van der Waals surface area contributed by atoms with Crippen molar-refractivity contribution in [3.05, 3.63) is 30.6 Å². The number of benzene rings is 1. The molecule has 6 nitrogen and oxygen atoms in total. The number of nitrogen functional groups attached to an aromatic ring is 1. The Bertz CT molecular complexity index is 635. The van der Waals surface area contributed by atoms with Crippen molar-refractivity contribution in [1.82, 2.24) is 9.97 Å². The first kappa shape index (κ1) is 13.5. The van der Waals surface area contributed by atoms with Crippen molar-refractivity contribution in [2.75, 3.05) is 36.9 Å². The molecule has 0 spiro atoms. The first-order valence-electron chi connectivity index (χ1n) is 6.79. The van der Waals surface area contributed by atoms with Crippen LogP contribution in [0.25, 0.3) is 11.1 Å². The van der Waals surface area contributed by atoms with Gasteiger partial charge < -0.3 is 15.4 Å². The summed E-state index contributed by atoms with van der Waals surface area (Å²) in [7, 11) is 0. The number of anilines is 2. The zero-order valence-electron chi connectivity index (χ0n) is 11.7. The topological polar surface area (TPSA) is 76.6 Å². The van der Waals surface area contributed by atoms with Gasteiger partial charge in [-0.15, -0.1) is 0 Å². The normalized spacial score (nSPS) is 15.0. The summed E-state index contributed by atoms with van der Waals surface area (Å²) < 4.78 is 5.32. The van der Waals surface area contributed by atoms with E-state index in [-0.39, 0.29) is 0 Å². The van der Waals surface area contributed by atoms with Crippen molar-refractivity contribution in [1.29, 1.82) is 0 Å². The Morgan fingerprint density at radius 2 is 1.86 bits per heavy atom.